The zero-order valence-electron chi connectivity index (χ0n) is 18.4. The van der Waals surface area contributed by atoms with E-state index in [0.717, 1.165) is 18.7 Å². The largest absolute Gasteiger partial charge is 0.489 e. The summed E-state index contributed by atoms with van der Waals surface area (Å²) < 4.78 is 55.4. The van der Waals surface area contributed by atoms with Gasteiger partial charge in [-0.15, -0.1) is 0 Å². The summed E-state index contributed by atoms with van der Waals surface area (Å²) in [7, 11) is 0. The third-order valence-corrected chi connectivity index (χ3v) is 5.44. The number of halogens is 3. The minimum absolute atomic E-state index is 0.116. The molecule has 0 N–H and O–H groups in total. The van der Waals surface area contributed by atoms with Crippen molar-refractivity contribution in [2.45, 2.75) is 64.1 Å². The number of hydrogen-bond acceptors (Lipinski definition) is 5. The van der Waals surface area contributed by atoms with Gasteiger partial charge in [-0.25, -0.2) is 4.79 Å². The third-order valence-electron chi connectivity index (χ3n) is 5.44. The van der Waals surface area contributed by atoms with Crippen LogP contribution in [-0.2, 0) is 15.7 Å². The highest BCUT2D eigenvalue weighted by Gasteiger charge is 2.40. The number of amides is 1. The smallest absolute Gasteiger partial charge is 0.416 e. The van der Waals surface area contributed by atoms with E-state index in [-0.39, 0.29) is 18.2 Å². The number of benzene rings is 1. The molecule has 3 atom stereocenters. The summed E-state index contributed by atoms with van der Waals surface area (Å²) in [6, 6.07) is 4.76. The molecule has 0 spiro atoms. The van der Waals surface area contributed by atoms with Crippen LogP contribution in [0.25, 0.3) is 0 Å². The van der Waals surface area contributed by atoms with Gasteiger partial charge in [-0.05, 0) is 52.0 Å². The number of ether oxygens (including phenoxy) is 3. The van der Waals surface area contributed by atoms with Gasteiger partial charge in [0.2, 0.25) is 0 Å². The highest BCUT2D eigenvalue weighted by atomic mass is 19.4. The van der Waals surface area contributed by atoms with Crippen LogP contribution in [0.3, 0.4) is 0 Å². The molecule has 31 heavy (non-hydrogen) atoms. The summed E-state index contributed by atoms with van der Waals surface area (Å²) in [5.41, 5.74) is -1.35. The molecule has 0 saturated carbocycles. The Morgan fingerprint density at radius 2 is 1.87 bits per heavy atom. The molecule has 2 aliphatic heterocycles. The Labute approximate surface area is 181 Å². The summed E-state index contributed by atoms with van der Waals surface area (Å²) in [4.78, 5) is 16.8. The fraction of sp³-hybridized carbons (Fsp3) is 0.682. The molecule has 0 aromatic heterocycles. The van der Waals surface area contributed by atoms with E-state index in [4.69, 9.17) is 14.2 Å². The molecule has 0 aliphatic carbocycles. The molecule has 2 aliphatic rings. The Hall–Kier alpha value is -2.00. The van der Waals surface area contributed by atoms with Gasteiger partial charge in [-0.2, -0.15) is 13.2 Å². The fourth-order valence-electron chi connectivity index (χ4n) is 3.89. The molecular formula is C22H31F3N2O4. The molecule has 6 nitrogen and oxygen atoms in total. The SMILES string of the molecule is C[C@H]1COCCN1C[C@@H]1C[C@@H](Oc2ccc(C(F)(F)F)cc2)CN1C(=O)OC(C)(C)C. The van der Waals surface area contributed by atoms with Gasteiger partial charge < -0.3 is 19.1 Å². The van der Waals surface area contributed by atoms with Crippen LogP contribution in [0.1, 0.15) is 39.7 Å². The average molecular weight is 444 g/mol. The Morgan fingerprint density at radius 1 is 1.19 bits per heavy atom. The van der Waals surface area contributed by atoms with Crippen LogP contribution >= 0.6 is 0 Å². The van der Waals surface area contributed by atoms with Crippen LogP contribution in [0.15, 0.2) is 24.3 Å². The number of rotatable bonds is 4. The maximum absolute atomic E-state index is 12.8. The predicted octanol–water partition coefficient (Wildman–Crippen LogP) is 4.18. The van der Waals surface area contributed by atoms with Crippen molar-refractivity contribution in [2.24, 2.45) is 0 Å². The summed E-state index contributed by atoms with van der Waals surface area (Å²) in [5.74, 6) is 0.350. The van der Waals surface area contributed by atoms with Gasteiger partial charge in [0.05, 0.1) is 31.4 Å². The standard InChI is InChI=1S/C22H31F3N2O4/c1-15-14-29-10-9-26(15)12-17-11-19(13-27(17)20(28)31-21(2,3)4)30-18-7-5-16(6-8-18)22(23,24)25/h5-8,15,17,19H,9-14H2,1-4H3/t15-,17-,19+/m0/s1. The number of likely N-dealkylation sites (tertiary alicyclic amines) is 1. The minimum Gasteiger partial charge on any atom is -0.489 e. The Kier molecular flexibility index (Phi) is 7.05. The Bertz CT molecular complexity index is 749. The molecular weight excluding hydrogens is 413 g/mol. The first kappa shape index (κ1) is 23.7. The zero-order valence-corrected chi connectivity index (χ0v) is 18.4. The van der Waals surface area contributed by atoms with Crippen molar-refractivity contribution in [1.82, 2.24) is 9.80 Å². The average Bonchev–Trinajstić information content (AvgIpc) is 3.04. The van der Waals surface area contributed by atoms with Gasteiger partial charge in [0.1, 0.15) is 17.5 Å². The van der Waals surface area contributed by atoms with Gasteiger partial charge in [0, 0.05) is 25.6 Å². The molecule has 9 heteroatoms. The van der Waals surface area contributed by atoms with E-state index in [1.165, 1.54) is 12.1 Å². The van der Waals surface area contributed by atoms with Crippen LogP contribution in [0.2, 0.25) is 0 Å². The molecule has 1 aromatic carbocycles. The Balaban J connectivity index is 1.70. The van der Waals surface area contributed by atoms with Crippen molar-refractivity contribution < 1.29 is 32.2 Å². The predicted molar refractivity (Wildman–Crippen MR) is 109 cm³/mol. The number of carbonyl (C=O) groups is 1. The lowest BCUT2D eigenvalue weighted by molar-refractivity contribution is -0.137. The van der Waals surface area contributed by atoms with Crippen molar-refractivity contribution in [3.8, 4) is 5.75 Å². The minimum atomic E-state index is -4.39. The van der Waals surface area contributed by atoms with Crippen molar-refractivity contribution >= 4 is 6.09 Å². The van der Waals surface area contributed by atoms with Gasteiger partial charge in [-0.3, -0.25) is 4.90 Å². The van der Waals surface area contributed by atoms with Crippen molar-refractivity contribution in [3.05, 3.63) is 29.8 Å². The molecule has 0 unspecified atom stereocenters. The number of hydrogen-bond donors (Lipinski definition) is 0. The molecule has 2 fully saturated rings. The first-order chi connectivity index (χ1) is 14.4. The lowest BCUT2D eigenvalue weighted by Gasteiger charge is -2.37. The van der Waals surface area contributed by atoms with E-state index in [2.05, 4.69) is 11.8 Å². The second-order valence-electron chi connectivity index (χ2n) is 9.20. The van der Waals surface area contributed by atoms with Crippen molar-refractivity contribution in [3.63, 3.8) is 0 Å². The fourth-order valence-corrected chi connectivity index (χ4v) is 3.89. The molecule has 174 valence electrons. The lowest BCUT2D eigenvalue weighted by Crippen LogP contribution is -2.51. The molecule has 0 bridgehead atoms. The maximum atomic E-state index is 12.8. The second-order valence-corrected chi connectivity index (χ2v) is 9.20. The van der Waals surface area contributed by atoms with Gasteiger partial charge in [0.25, 0.3) is 0 Å². The van der Waals surface area contributed by atoms with E-state index < -0.39 is 23.4 Å². The van der Waals surface area contributed by atoms with E-state index in [0.29, 0.717) is 38.5 Å². The number of morpholine rings is 1. The molecule has 2 saturated heterocycles. The van der Waals surface area contributed by atoms with Gasteiger partial charge >= 0.3 is 12.3 Å². The summed E-state index contributed by atoms with van der Waals surface area (Å²) in [5, 5.41) is 0. The number of nitrogens with zero attached hydrogens (tertiary/aromatic N) is 2. The summed E-state index contributed by atoms with van der Waals surface area (Å²) in [6.45, 7) is 10.6. The first-order valence-corrected chi connectivity index (χ1v) is 10.6. The van der Waals surface area contributed by atoms with Crippen LogP contribution in [0.4, 0.5) is 18.0 Å². The Morgan fingerprint density at radius 3 is 2.45 bits per heavy atom. The van der Waals surface area contributed by atoms with Crippen molar-refractivity contribution in [2.75, 3.05) is 32.8 Å². The highest BCUT2D eigenvalue weighted by Crippen LogP contribution is 2.31. The molecule has 0 radical (unpaired) electrons. The lowest BCUT2D eigenvalue weighted by atomic mass is 10.1. The third kappa shape index (κ3) is 6.49. The maximum Gasteiger partial charge on any atom is 0.416 e. The molecule has 1 aromatic rings. The highest BCUT2D eigenvalue weighted by molar-refractivity contribution is 5.69. The van der Waals surface area contributed by atoms with Crippen LogP contribution in [0, 0.1) is 0 Å². The number of carbonyl (C=O) groups excluding carboxylic acids is 1. The first-order valence-electron chi connectivity index (χ1n) is 10.6. The summed E-state index contributed by atoms with van der Waals surface area (Å²) in [6.07, 6.45) is -4.55. The summed E-state index contributed by atoms with van der Waals surface area (Å²) >= 11 is 0. The van der Waals surface area contributed by atoms with E-state index >= 15 is 0 Å². The van der Waals surface area contributed by atoms with Gasteiger partial charge in [-0.1, -0.05) is 0 Å². The van der Waals surface area contributed by atoms with Crippen LogP contribution in [-0.4, -0.2) is 72.5 Å². The normalized spacial score (nSPS) is 25.5. The molecule has 2 heterocycles. The van der Waals surface area contributed by atoms with Crippen molar-refractivity contribution in [1.29, 1.82) is 0 Å². The topological polar surface area (TPSA) is 51.2 Å². The van der Waals surface area contributed by atoms with Crippen LogP contribution in [0.5, 0.6) is 5.75 Å². The monoisotopic (exact) mass is 444 g/mol. The van der Waals surface area contributed by atoms with Gasteiger partial charge in [0.15, 0.2) is 0 Å². The van der Waals surface area contributed by atoms with E-state index in [1.54, 1.807) is 4.90 Å². The quantitative estimate of drug-likeness (QED) is 0.697. The molecule has 3 rings (SSSR count). The number of alkyl halides is 3. The van der Waals surface area contributed by atoms with Crippen LogP contribution < -0.4 is 4.74 Å². The van der Waals surface area contributed by atoms with E-state index in [9.17, 15) is 18.0 Å². The van der Waals surface area contributed by atoms with E-state index in [1.807, 2.05) is 20.8 Å². The zero-order chi connectivity index (χ0) is 22.8. The second kappa shape index (κ2) is 9.24. The molecule has 1 amide bonds.